The van der Waals surface area contributed by atoms with Crippen LogP contribution >= 0.6 is 0 Å². The summed E-state index contributed by atoms with van der Waals surface area (Å²) in [5, 5.41) is 12.6. The second-order valence-electron chi connectivity index (χ2n) is 3.35. The molecule has 86 valence electrons. The number of aliphatic hydroxyl groups is 1. The second kappa shape index (κ2) is 7.45. The zero-order valence-electron chi connectivity index (χ0n) is 9.11. The van der Waals surface area contributed by atoms with Crippen molar-refractivity contribution in [3.8, 4) is 0 Å². The van der Waals surface area contributed by atoms with E-state index in [1.807, 2.05) is 19.1 Å². The Labute approximate surface area is 90.2 Å². The largest absolute Gasteiger partial charge is 0.469 e. The molecule has 1 heterocycles. The molecule has 0 bridgehead atoms. The Kier molecular flexibility index (Phi) is 6.08. The van der Waals surface area contributed by atoms with Crippen molar-refractivity contribution in [3.63, 3.8) is 0 Å². The van der Waals surface area contributed by atoms with Crippen molar-refractivity contribution in [2.24, 2.45) is 0 Å². The maximum Gasteiger partial charge on any atom is 0.105 e. The van der Waals surface area contributed by atoms with Crippen molar-refractivity contribution >= 4 is 0 Å². The second-order valence-corrected chi connectivity index (χ2v) is 3.35. The molecule has 0 spiro atoms. The van der Waals surface area contributed by atoms with E-state index in [1.54, 1.807) is 6.26 Å². The average Bonchev–Trinajstić information content (AvgIpc) is 2.74. The van der Waals surface area contributed by atoms with Gasteiger partial charge >= 0.3 is 0 Å². The third-order valence-electron chi connectivity index (χ3n) is 2.02. The highest BCUT2D eigenvalue weighted by atomic mass is 16.5. The Bertz CT molecular complexity index is 236. The number of furan rings is 1. The van der Waals surface area contributed by atoms with Crippen LogP contribution in [0.3, 0.4) is 0 Å². The number of aliphatic hydroxyl groups excluding tert-OH is 1. The van der Waals surface area contributed by atoms with E-state index in [0.29, 0.717) is 19.8 Å². The van der Waals surface area contributed by atoms with Crippen molar-refractivity contribution < 1.29 is 14.3 Å². The van der Waals surface area contributed by atoms with E-state index in [0.717, 1.165) is 18.7 Å². The van der Waals surface area contributed by atoms with Gasteiger partial charge in [0, 0.05) is 26.1 Å². The van der Waals surface area contributed by atoms with E-state index in [1.165, 1.54) is 0 Å². The minimum atomic E-state index is -0.429. The number of ether oxygens (including phenoxy) is 1. The summed E-state index contributed by atoms with van der Waals surface area (Å²) < 4.78 is 10.3. The predicted octanol–water partition coefficient (Wildman–Crippen LogP) is 0.809. The molecule has 0 amide bonds. The van der Waals surface area contributed by atoms with Gasteiger partial charge in [-0.05, 0) is 19.1 Å². The van der Waals surface area contributed by atoms with Crippen LogP contribution in [0.15, 0.2) is 22.8 Å². The lowest BCUT2D eigenvalue weighted by molar-refractivity contribution is 0.0430. The topological polar surface area (TPSA) is 54.6 Å². The molecule has 1 rings (SSSR count). The molecule has 0 saturated heterocycles. The van der Waals surface area contributed by atoms with Gasteiger partial charge in [0.25, 0.3) is 0 Å². The summed E-state index contributed by atoms with van der Waals surface area (Å²) >= 11 is 0. The monoisotopic (exact) mass is 213 g/mol. The van der Waals surface area contributed by atoms with E-state index < -0.39 is 6.10 Å². The third-order valence-corrected chi connectivity index (χ3v) is 2.02. The summed E-state index contributed by atoms with van der Waals surface area (Å²) in [6.45, 7) is 4.31. The summed E-state index contributed by atoms with van der Waals surface area (Å²) in [5.41, 5.74) is 0. The van der Waals surface area contributed by atoms with Crippen LogP contribution in [0.5, 0.6) is 0 Å². The number of hydrogen-bond donors (Lipinski definition) is 2. The van der Waals surface area contributed by atoms with Crippen molar-refractivity contribution in [3.05, 3.63) is 24.2 Å². The van der Waals surface area contributed by atoms with Crippen LogP contribution in [-0.4, -0.2) is 37.5 Å². The van der Waals surface area contributed by atoms with Gasteiger partial charge in [0.1, 0.15) is 5.76 Å². The van der Waals surface area contributed by atoms with E-state index in [9.17, 15) is 5.11 Å². The molecule has 1 atom stereocenters. The quantitative estimate of drug-likeness (QED) is 0.627. The molecular weight excluding hydrogens is 194 g/mol. The van der Waals surface area contributed by atoms with Gasteiger partial charge < -0.3 is 19.6 Å². The van der Waals surface area contributed by atoms with E-state index in [2.05, 4.69) is 5.32 Å². The van der Waals surface area contributed by atoms with Gasteiger partial charge in [0.2, 0.25) is 0 Å². The van der Waals surface area contributed by atoms with Crippen LogP contribution in [0.2, 0.25) is 0 Å². The molecule has 15 heavy (non-hydrogen) atoms. The molecule has 0 aliphatic rings. The minimum absolute atomic E-state index is 0.393. The van der Waals surface area contributed by atoms with Gasteiger partial charge in [0.05, 0.1) is 19.0 Å². The van der Waals surface area contributed by atoms with E-state index >= 15 is 0 Å². The van der Waals surface area contributed by atoms with Gasteiger partial charge in [-0.25, -0.2) is 0 Å². The number of hydrogen-bond acceptors (Lipinski definition) is 4. The first-order valence-corrected chi connectivity index (χ1v) is 5.31. The van der Waals surface area contributed by atoms with Gasteiger partial charge in [-0.2, -0.15) is 0 Å². The Morgan fingerprint density at radius 2 is 2.47 bits per heavy atom. The molecule has 0 aliphatic heterocycles. The van der Waals surface area contributed by atoms with Crippen LogP contribution in [0, 0.1) is 0 Å². The van der Waals surface area contributed by atoms with Crippen molar-refractivity contribution in [2.45, 2.75) is 19.4 Å². The fourth-order valence-corrected chi connectivity index (χ4v) is 1.25. The lowest BCUT2D eigenvalue weighted by Gasteiger charge is -2.10. The molecule has 2 N–H and O–H groups in total. The first-order chi connectivity index (χ1) is 7.33. The van der Waals surface area contributed by atoms with Crippen LogP contribution < -0.4 is 5.32 Å². The van der Waals surface area contributed by atoms with Gasteiger partial charge in [-0.15, -0.1) is 0 Å². The fraction of sp³-hybridized carbons (Fsp3) is 0.636. The van der Waals surface area contributed by atoms with Crippen LogP contribution in [0.1, 0.15) is 12.7 Å². The molecule has 0 aliphatic carbocycles. The SMILES string of the molecule is CCOCC(O)CNCCc1ccco1. The summed E-state index contributed by atoms with van der Waals surface area (Å²) in [6, 6.07) is 3.82. The molecule has 4 heteroatoms. The summed E-state index contributed by atoms with van der Waals surface area (Å²) in [5.74, 6) is 0.960. The molecule has 1 aromatic rings. The lowest BCUT2D eigenvalue weighted by Crippen LogP contribution is -2.31. The molecule has 1 unspecified atom stereocenters. The molecule has 1 aromatic heterocycles. The maximum absolute atomic E-state index is 9.43. The molecule has 0 fully saturated rings. The Morgan fingerprint density at radius 1 is 1.60 bits per heavy atom. The normalized spacial score (nSPS) is 12.9. The first kappa shape index (κ1) is 12.2. The van der Waals surface area contributed by atoms with Crippen molar-refractivity contribution in [1.29, 1.82) is 0 Å². The lowest BCUT2D eigenvalue weighted by atomic mass is 10.3. The summed E-state index contributed by atoms with van der Waals surface area (Å²) in [6.07, 6.45) is 2.08. The molecular formula is C11H19NO3. The zero-order valence-corrected chi connectivity index (χ0v) is 9.11. The number of rotatable bonds is 8. The van der Waals surface area contributed by atoms with E-state index in [4.69, 9.17) is 9.15 Å². The van der Waals surface area contributed by atoms with Gasteiger partial charge in [0.15, 0.2) is 0 Å². The first-order valence-electron chi connectivity index (χ1n) is 5.31. The molecule has 4 nitrogen and oxygen atoms in total. The van der Waals surface area contributed by atoms with E-state index in [-0.39, 0.29) is 0 Å². The highest BCUT2D eigenvalue weighted by Crippen LogP contribution is 1.99. The zero-order chi connectivity index (χ0) is 10.9. The number of nitrogens with one attached hydrogen (secondary N) is 1. The van der Waals surface area contributed by atoms with Crippen LogP contribution in [0.25, 0.3) is 0 Å². The fourth-order valence-electron chi connectivity index (χ4n) is 1.25. The van der Waals surface area contributed by atoms with Gasteiger partial charge in [-0.1, -0.05) is 0 Å². The summed E-state index contributed by atoms with van der Waals surface area (Å²) in [7, 11) is 0. The predicted molar refractivity (Wildman–Crippen MR) is 57.8 cm³/mol. The molecule has 0 aromatic carbocycles. The highest BCUT2D eigenvalue weighted by molar-refractivity contribution is 4.98. The standard InChI is InChI=1S/C11H19NO3/c1-2-14-9-10(13)8-12-6-5-11-4-3-7-15-11/h3-4,7,10,12-13H,2,5-6,8-9H2,1H3. The van der Waals surface area contributed by atoms with Crippen molar-refractivity contribution in [2.75, 3.05) is 26.3 Å². The Hall–Kier alpha value is -0.840. The van der Waals surface area contributed by atoms with Gasteiger partial charge in [-0.3, -0.25) is 0 Å². The summed E-state index contributed by atoms with van der Waals surface area (Å²) in [4.78, 5) is 0. The van der Waals surface area contributed by atoms with Crippen LogP contribution in [0.4, 0.5) is 0 Å². The maximum atomic E-state index is 9.43. The Morgan fingerprint density at radius 3 is 3.13 bits per heavy atom. The molecule has 0 saturated carbocycles. The molecule has 0 radical (unpaired) electrons. The smallest absolute Gasteiger partial charge is 0.105 e. The minimum Gasteiger partial charge on any atom is -0.469 e. The average molecular weight is 213 g/mol. The van der Waals surface area contributed by atoms with Crippen molar-refractivity contribution in [1.82, 2.24) is 5.32 Å². The Balaban J connectivity index is 1.97. The highest BCUT2D eigenvalue weighted by Gasteiger charge is 2.02. The third kappa shape index (κ3) is 5.57. The van der Waals surface area contributed by atoms with Crippen LogP contribution in [-0.2, 0) is 11.2 Å².